The third-order valence-electron chi connectivity index (χ3n) is 1.74. The predicted molar refractivity (Wildman–Crippen MR) is 62.5 cm³/mol. The van der Waals surface area contributed by atoms with E-state index in [-0.39, 0.29) is 12.5 Å². The first-order valence-corrected chi connectivity index (χ1v) is 5.61. The Balaban J connectivity index is 2.53. The molecule has 0 unspecified atom stereocenters. The van der Waals surface area contributed by atoms with Crippen molar-refractivity contribution in [1.29, 1.82) is 0 Å². The van der Waals surface area contributed by atoms with E-state index in [9.17, 15) is 4.79 Å². The number of aliphatic hydroxyl groups excluding tert-OH is 1. The lowest BCUT2D eigenvalue weighted by atomic mass is 10.3. The first-order valence-electron chi connectivity index (χ1n) is 4.73. The van der Waals surface area contributed by atoms with Crippen LogP contribution in [0.3, 0.4) is 0 Å². The summed E-state index contributed by atoms with van der Waals surface area (Å²) in [6.07, 6.45) is 0. The molecular formula is C11H13NO3S. The molecule has 5 heteroatoms. The second kappa shape index (κ2) is 7.01. The van der Waals surface area contributed by atoms with E-state index in [0.717, 1.165) is 4.88 Å². The number of carbonyl (C=O) groups excluding carboxylic acids is 1. The van der Waals surface area contributed by atoms with Gasteiger partial charge < -0.3 is 15.2 Å². The van der Waals surface area contributed by atoms with Crippen LogP contribution in [0, 0.1) is 11.8 Å². The van der Waals surface area contributed by atoms with Gasteiger partial charge in [0, 0.05) is 19.0 Å². The average molecular weight is 239 g/mol. The fourth-order valence-electron chi connectivity index (χ4n) is 1.02. The molecule has 0 saturated carbocycles. The van der Waals surface area contributed by atoms with E-state index in [4.69, 9.17) is 9.84 Å². The number of hydrogen-bond donors (Lipinski definition) is 2. The van der Waals surface area contributed by atoms with Gasteiger partial charge in [-0.15, -0.1) is 11.3 Å². The Morgan fingerprint density at radius 3 is 3.19 bits per heavy atom. The molecule has 16 heavy (non-hydrogen) atoms. The normalized spacial score (nSPS) is 9.38. The number of rotatable bonds is 4. The Bertz CT molecular complexity index is 403. The number of methoxy groups -OCH3 is 1. The average Bonchev–Trinajstić information content (AvgIpc) is 2.75. The third-order valence-corrected chi connectivity index (χ3v) is 2.59. The molecule has 1 heterocycles. The van der Waals surface area contributed by atoms with Crippen molar-refractivity contribution in [2.24, 2.45) is 0 Å². The molecule has 86 valence electrons. The molecule has 4 nitrogen and oxygen atoms in total. The van der Waals surface area contributed by atoms with Gasteiger partial charge >= 0.3 is 0 Å². The minimum atomic E-state index is -0.173. The molecule has 0 aliphatic heterocycles. The molecule has 1 aromatic rings. The lowest BCUT2D eigenvalue weighted by Crippen LogP contribution is -2.26. The van der Waals surface area contributed by atoms with Crippen molar-refractivity contribution in [2.45, 2.75) is 0 Å². The summed E-state index contributed by atoms with van der Waals surface area (Å²) in [6, 6.07) is 1.70. The van der Waals surface area contributed by atoms with Crippen LogP contribution < -0.4 is 5.32 Å². The van der Waals surface area contributed by atoms with Crippen LogP contribution in [0.5, 0.6) is 0 Å². The fraction of sp³-hybridized carbons (Fsp3) is 0.364. The summed E-state index contributed by atoms with van der Waals surface area (Å²) in [5, 5.41) is 13.0. The second-order valence-electron chi connectivity index (χ2n) is 2.91. The third kappa shape index (κ3) is 4.03. The lowest BCUT2D eigenvalue weighted by Gasteiger charge is -2.01. The molecular weight excluding hydrogens is 226 g/mol. The highest BCUT2D eigenvalue weighted by Crippen LogP contribution is 2.13. The van der Waals surface area contributed by atoms with Crippen LogP contribution in [-0.2, 0) is 4.74 Å². The monoisotopic (exact) mass is 239 g/mol. The van der Waals surface area contributed by atoms with Crippen LogP contribution in [0.25, 0.3) is 0 Å². The van der Waals surface area contributed by atoms with Gasteiger partial charge in [-0.2, -0.15) is 0 Å². The Kier molecular flexibility index (Phi) is 5.57. The number of nitrogens with one attached hydrogen (secondary N) is 1. The van der Waals surface area contributed by atoms with Crippen molar-refractivity contribution in [2.75, 3.05) is 26.9 Å². The van der Waals surface area contributed by atoms with Crippen molar-refractivity contribution >= 4 is 17.2 Å². The van der Waals surface area contributed by atoms with Crippen LogP contribution in [0.4, 0.5) is 0 Å². The summed E-state index contributed by atoms with van der Waals surface area (Å²) in [6.45, 7) is 0.809. The number of ether oxygens (including phenoxy) is 1. The summed E-state index contributed by atoms with van der Waals surface area (Å²) in [5.74, 6) is 5.15. The zero-order valence-corrected chi connectivity index (χ0v) is 9.76. The summed E-state index contributed by atoms with van der Waals surface area (Å²) >= 11 is 1.38. The Labute approximate surface area is 98.2 Å². The van der Waals surface area contributed by atoms with Crippen molar-refractivity contribution < 1.29 is 14.6 Å². The molecule has 0 bridgehead atoms. The van der Waals surface area contributed by atoms with Gasteiger partial charge in [-0.3, -0.25) is 4.79 Å². The molecule has 0 saturated heterocycles. The topological polar surface area (TPSA) is 58.6 Å². The highest BCUT2D eigenvalue weighted by Gasteiger charge is 2.06. The maximum absolute atomic E-state index is 11.5. The maximum atomic E-state index is 11.5. The summed E-state index contributed by atoms with van der Waals surface area (Å²) in [5.41, 5.74) is 0.586. The zero-order chi connectivity index (χ0) is 11.8. The van der Waals surface area contributed by atoms with Crippen LogP contribution >= 0.6 is 11.3 Å². The first-order chi connectivity index (χ1) is 7.77. The van der Waals surface area contributed by atoms with E-state index in [1.54, 1.807) is 18.6 Å². The van der Waals surface area contributed by atoms with Gasteiger partial charge in [0.05, 0.1) is 17.0 Å². The maximum Gasteiger partial charge on any atom is 0.252 e. The van der Waals surface area contributed by atoms with E-state index in [0.29, 0.717) is 18.7 Å². The van der Waals surface area contributed by atoms with Crippen molar-refractivity contribution in [3.8, 4) is 11.8 Å². The van der Waals surface area contributed by atoms with Crippen LogP contribution in [-0.4, -0.2) is 37.9 Å². The van der Waals surface area contributed by atoms with Gasteiger partial charge in [0.25, 0.3) is 5.91 Å². The number of hydrogen-bond acceptors (Lipinski definition) is 4. The Hall–Kier alpha value is -1.35. The zero-order valence-electron chi connectivity index (χ0n) is 8.95. The molecule has 1 rings (SSSR count). The standard InChI is InChI=1S/C11H13NO3S/c1-15-6-4-12-11(14)9-7-10(16-8-9)3-2-5-13/h7-8,13H,4-6H2,1H3,(H,12,14). The summed E-state index contributed by atoms with van der Waals surface area (Å²) in [7, 11) is 1.58. The van der Waals surface area contributed by atoms with Gasteiger partial charge in [-0.05, 0) is 6.07 Å². The van der Waals surface area contributed by atoms with E-state index >= 15 is 0 Å². The van der Waals surface area contributed by atoms with E-state index in [2.05, 4.69) is 17.2 Å². The van der Waals surface area contributed by atoms with Gasteiger partial charge in [0.2, 0.25) is 0 Å². The molecule has 1 amide bonds. The van der Waals surface area contributed by atoms with E-state index in [1.165, 1.54) is 11.3 Å². The summed E-state index contributed by atoms with van der Waals surface area (Å²) in [4.78, 5) is 12.3. The molecule has 0 aliphatic carbocycles. The molecule has 0 spiro atoms. The SMILES string of the molecule is COCCNC(=O)c1csc(C#CCO)c1. The smallest absolute Gasteiger partial charge is 0.252 e. The molecule has 0 fully saturated rings. The second-order valence-corrected chi connectivity index (χ2v) is 3.82. The molecule has 0 radical (unpaired) electrons. The highest BCUT2D eigenvalue weighted by molar-refractivity contribution is 7.10. The van der Waals surface area contributed by atoms with Gasteiger partial charge in [0.15, 0.2) is 0 Å². The highest BCUT2D eigenvalue weighted by atomic mass is 32.1. The quantitative estimate of drug-likeness (QED) is 0.593. The van der Waals surface area contributed by atoms with Crippen LogP contribution in [0.1, 0.15) is 15.2 Å². The van der Waals surface area contributed by atoms with Crippen molar-refractivity contribution in [3.63, 3.8) is 0 Å². The fourth-order valence-corrected chi connectivity index (χ4v) is 1.77. The molecule has 0 atom stereocenters. The van der Waals surface area contributed by atoms with Crippen molar-refractivity contribution in [1.82, 2.24) is 5.32 Å². The largest absolute Gasteiger partial charge is 0.384 e. The van der Waals surface area contributed by atoms with E-state index in [1.807, 2.05) is 0 Å². The Morgan fingerprint density at radius 1 is 1.69 bits per heavy atom. The molecule has 0 aromatic carbocycles. The summed E-state index contributed by atoms with van der Waals surface area (Å²) < 4.78 is 4.82. The van der Waals surface area contributed by atoms with Gasteiger partial charge in [0.1, 0.15) is 6.61 Å². The minimum absolute atomic E-state index is 0.134. The van der Waals surface area contributed by atoms with Crippen molar-refractivity contribution in [3.05, 3.63) is 21.9 Å². The minimum Gasteiger partial charge on any atom is -0.384 e. The molecule has 0 aliphatic rings. The first kappa shape index (κ1) is 12.7. The predicted octanol–water partition coefficient (Wildman–Crippen LogP) is 0.468. The Morgan fingerprint density at radius 2 is 2.50 bits per heavy atom. The van der Waals surface area contributed by atoms with Gasteiger partial charge in [-0.1, -0.05) is 11.8 Å². The van der Waals surface area contributed by atoms with Crippen LogP contribution in [0.15, 0.2) is 11.4 Å². The lowest BCUT2D eigenvalue weighted by molar-refractivity contribution is 0.0937. The van der Waals surface area contributed by atoms with E-state index < -0.39 is 0 Å². The number of aliphatic hydroxyl groups is 1. The van der Waals surface area contributed by atoms with Gasteiger partial charge in [-0.25, -0.2) is 0 Å². The van der Waals surface area contributed by atoms with Crippen LogP contribution in [0.2, 0.25) is 0 Å². The molecule has 2 N–H and O–H groups in total. The number of thiophene rings is 1. The number of amides is 1. The molecule has 1 aromatic heterocycles. The number of carbonyl (C=O) groups is 1.